The first kappa shape index (κ1) is 18.0. The zero-order chi connectivity index (χ0) is 18.7. The maximum atomic E-state index is 12.1. The number of epoxide rings is 1. The van der Waals surface area contributed by atoms with Gasteiger partial charge in [0.05, 0.1) is 12.8 Å². The second kappa shape index (κ2) is 7.60. The van der Waals surface area contributed by atoms with E-state index in [0.29, 0.717) is 18.7 Å². The molecular weight excluding hydrogens is 334 g/mol. The summed E-state index contributed by atoms with van der Waals surface area (Å²) in [6, 6.07) is 5.26. The number of rotatable bonds is 6. The average Bonchev–Trinajstić information content (AvgIpc) is 3.33. The number of aliphatic hydroxyl groups is 1. The van der Waals surface area contributed by atoms with Crippen molar-refractivity contribution in [3.8, 4) is 12.3 Å². The fourth-order valence-corrected chi connectivity index (χ4v) is 3.08. The van der Waals surface area contributed by atoms with Crippen molar-refractivity contribution in [2.24, 2.45) is 0 Å². The molecule has 1 aromatic rings. The molecule has 0 spiro atoms. The maximum absolute atomic E-state index is 12.1. The van der Waals surface area contributed by atoms with Gasteiger partial charge in [-0.05, 0) is 30.5 Å². The van der Waals surface area contributed by atoms with Crippen molar-refractivity contribution in [3.05, 3.63) is 41.2 Å². The third-order valence-corrected chi connectivity index (χ3v) is 4.57. The van der Waals surface area contributed by atoms with Crippen LogP contribution in [0.5, 0.6) is 0 Å². The van der Waals surface area contributed by atoms with E-state index in [1.165, 1.54) is 0 Å². The highest BCUT2D eigenvalue weighted by Crippen LogP contribution is 2.31. The number of hydrogen-bond donors (Lipinski definition) is 3. The number of carbonyl (C=O) groups is 2. The van der Waals surface area contributed by atoms with Gasteiger partial charge in [0.15, 0.2) is 5.76 Å². The number of nitrogens with zero attached hydrogens (tertiary/aromatic N) is 1. The number of aryl methyl sites for hydroxylation is 1. The molecular formula is C19H21N3O4. The molecule has 0 aliphatic carbocycles. The van der Waals surface area contributed by atoms with Gasteiger partial charge in [-0.25, -0.2) is 0 Å². The summed E-state index contributed by atoms with van der Waals surface area (Å²) in [5.41, 5.74) is 2.81. The number of anilines is 1. The molecule has 0 saturated carbocycles. The molecule has 7 heteroatoms. The zero-order valence-corrected chi connectivity index (χ0v) is 14.5. The Morgan fingerprint density at radius 1 is 1.50 bits per heavy atom. The van der Waals surface area contributed by atoms with Crippen LogP contribution in [0.2, 0.25) is 0 Å². The van der Waals surface area contributed by atoms with Gasteiger partial charge in [0.2, 0.25) is 18.0 Å². The Hall–Kier alpha value is -2.82. The lowest BCUT2D eigenvalue weighted by Crippen LogP contribution is -2.52. The summed E-state index contributed by atoms with van der Waals surface area (Å²) in [5.74, 6) is 2.47. The molecule has 0 radical (unpaired) electrons. The lowest BCUT2D eigenvalue weighted by Gasteiger charge is -2.32. The van der Waals surface area contributed by atoms with E-state index < -0.39 is 6.04 Å². The molecule has 2 aliphatic rings. The Balaban J connectivity index is 1.77. The number of imide groups is 1. The molecule has 2 aliphatic heterocycles. The largest absolute Gasteiger partial charge is 0.461 e. The summed E-state index contributed by atoms with van der Waals surface area (Å²) < 4.78 is 5.38. The van der Waals surface area contributed by atoms with Gasteiger partial charge in [-0.3, -0.25) is 19.8 Å². The van der Waals surface area contributed by atoms with Gasteiger partial charge in [0.1, 0.15) is 0 Å². The highest BCUT2D eigenvalue weighted by molar-refractivity contribution is 6.00. The van der Waals surface area contributed by atoms with Crippen LogP contribution >= 0.6 is 0 Å². The Morgan fingerprint density at radius 2 is 2.31 bits per heavy atom. The van der Waals surface area contributed by atoms with Crippen molar-refractivity contribution in [3.63, 3.8) is 0 Å². The fourth-order valence-electron chi connectivity index (χ4n) is 3.08. The zero-order valence-electron chi connectivity index (χ0n) is 14.5. The van der Waals surface area contributed by atoms with E-state index in [-0.39, 0.29) is 31.2 Å². The number of terminal acetylenes is 1. The van der Waals surface area contributed by atoms with Crippen LogP contribution in [0.15, 0.2) is 30.0 Å². The van der Waals surface area contributed by atoms with Gasteiger partial charge in [0, 0.05) is 24.7 Å². The number of piperidine rings is 1. The van der Waals surface area contributed by atoms with E-state index in [0.717, 1.165) is 16.8 Å². The first-order chi connectivity index (χ1) is 12.5. The molecule has 2 saturated heterocycles. The predicted molar refractivity (Wildman–Crippen MR) is 95.4 cm³/mol. The van der Waals surface area contributed by atoms with E-state index in [4.69, 9.17) is 11.2 Å². The Labute approximate surface area is 152 Å². The van der Waals surface area contributed by atoms with Crippen molar-refractivity contribution in [1.29, 1.82) is 0 Å². The fraction of sp³-hybridized carbons (Fsp3) is 0.368. The summed E-state index contributed by atoms with van der Waals surface area (Å²) in [7, 11) is 0. The Bertz CT molecular complexity index is 796. The molecule has 0 bridgehead atoms. The van der Waals surface area contributed by atoms with Crippen LogP contribution in [0, 0.1) is 19.3 Å². The van der Waals surface area contributed by atoms with E-state index >= 15 is 0 Å². The van der Waals surface area contributed by atoms with Gasteiger partial charge in [-0.1, -0.05) is 18.1 Å². The minimum absolute atomic E-state index is 0.259. The normalized spacial score (nSPS) is 23.4. The van der Waals surface area contributed by atoms with Crippen LogP contribution in [0.1, 0.15) is 24.0 Å². The smallest absolute Gasteiger partial charge is 0.243 e. The summed E-state index contributed by atoms with van der Waals surface area (Å²) in [5, 5.41) is 15.4. The highest BCUT2D eigenvalue weighted by Gasteiger charge is 2.34. The lowest BCUT2D eigenvalue weighted by atomic mass is 10.0. The molecule has 0 aromatic heterocycles. The topological polar surface area (TPSA) is 94.2 Å². The van der Waals surface area contributed by atoms with E-state index in [2.05, 4.69) is 16.6 Å². The molecule has 2 amide bonds. The minimum atomic E-state index is -0.542. The minimum Gasteiger partial charge on any atom is -0.461 e. The van der Waals surface area contributed by atoms with Crippen LogP contribution < -0.4 is 10.6 Å². The van der Waals surface area contributed by atoms with Crippen LogP contribution in [-0.2, 0) is 20.9 Å². The number of carbonyl (C=O) groups excluding carboxylic acids is 2. The third-order valence-electron chi connectivity index (χ3n) is 4.57. The van der Waals surface area contributed by atoms with Crippen LogP contribution in [-0.4, -0.2) is 40.8 Å². The number of allylic oxidation sites excluding steroid dienone is 1. The molecule has 2 unspecified atom stereocenters. The predicted octanol–water partition coefficient (Wildman–Crippen LogP) is 0.837. The van der Waals surface area contributed by atoms with Crippen LogP contribution in [0.3, 0.4) is 0 Å². The number of nitrogens with one attached hydrogen (secondary N) is 2. The molecule has 1 aromatic carbocycles. The van der Waals surface area contributed by atoms with Crippen LogP contribution in [0.4, 0.5) is 5.69 Å². The molecule has 7 nitrogen and oxygen atoms in total. The van der Waals surface area contributed by atoms with Crippen molar-refractivity contribution >= 4 is 17.5 Å². The van der Waals surface area contributed by atoms with Crippen LogP contribution in [0.25, 0.3) is 0 Å². The Morgan fingerprint density at radius 3 is 3.00 bits per heavy atom. The number of aliphatic hydroxyl groups excluding tert-OH is 1. The van der Waals surface area contributed by atoms with E-state index in [1.807, 2.05) is 25.1 Å². The monoisotopic (exact) mass is 355 g/mol. The summed E-state index contributed by atoms with van der Waals surface area (Å²) >= 11 is 0. The molecule has 2 fully saturated rings. The standard InChI is InChI=1S/C19H21N3O4/c1-3-5-16-19(26-16)20-14-7-4-6-12(2)13(14)10-22(11-23)15-8-9-17(24)21-18(15)25/h1,4-7,15,19-20,23H,8-11H2,2H3,(H,21,24,25). The second-order valence-corrected chi connectivity index (χ2v) is 6.31. The van der Waals surface area contributed by atoms with E-state index in [1.54, 1.807) is 11.0 Å². The Kier molecular flexibility index (Phi) is 5.26. The number of ether oxygens (including phenoxy) is 1. The van der Waals surface area contributed by atoms with Gasteiger partial charge < -0.3 is 15.2 Å². The summed E-state index contributed by atoms with van der Waals surface area (Å²) in [4.78, 5) is 25.1. The molecule has 3 N–H and O–H groups in total. The third kappa shape index (κ3) is 3.87. The summed E-state index contributed by atoms with van der Waals surface area (Å²) in [6.07, 6.45) is 7.20. The average molecular weight is 355 g/mol. The lowest BCUT2D eigenvalue weighted by molar-refractivity contribution is -0.139. The SMILES string of the molecule is C#CC=C1OC1Nc1cccc(C)c1CN(CO)C1CCC(=O)NC1=O. The van der Waals surface area contributed by atoms with E-state index in [9.17, 15) is 14.7 Å². The number of benzene rings is 1. The van der Waals surface area contributed by atoms with Crippen molar-refractivity contribution in [2.45, 2.75) is 38.6 Å². The van der Waals surface area contributed by atoms with Crippen molar-refractivity contribution in [2.75, 3.05) is 12.0 Å². The van der Waals surface area contributed by atoms with Crippen molar-refractivity contribution in [1.82, 2.24) is 10.2 Å². The van der Waals surface area contributed by atoms with Gasteiger partial charge in [-0.15, -0.1) is 6.42 Å². The number of amides is 2. The molecule has 3 rings (SSSR count). The summed E-state index contributed by atoms with van der Waals surface area (Å²) in [6.45, 7) is 2.04. The molecule has 26 heavy (non-hydrogen) atoms. The van der Waals surface area contributed by atoms with Crippen molar-refractivity contribution < 1.29 is 19.4 Å². The first-order valence-corrected chi connectivity index (χ1v) is 8.40. The first-order valence-electron chi connectivity index (χ1n) is 8.40. The quantitative estimate of drug-likeness (QED) is 0.303. The number of hydrogen-bond acceptors (Lipinski definition) is 6. The highest BCUT2D eigenvalue weighted by atomic mass is 16.6. The molecule has 2 atom stereocenters. The molecule has 136 valence electrons. The second-order valence-electron chi connectivity index (χ2n) is 6.31. The van der Waals surface area contributed by atoms with Gasteiger partial charge in [-0.2, -0.15) is 0 Å². The van der Waals surface area contributed by atoms with Gasteiger partial charge in [0.25, 0.3) is 0 Å². The van der Waals surface area contributed by atoms with Gasteiger partial charge >= 0.3 is 0 Å². The molecule has 2 heterocycles. The maximum Gasteiger partial charge on any atom is 0.243 e.